The molecule has 1 aliphatic heterocycles. The predicted molar refractivity (Wildman–Crippen MR) is 108 cm³/mol. The van der Waals surface area contributed by atoms with E-state index in [1.165, 1.54) is 25.7 Å². The van der Waals surface area contributed by atoms with E-state index in [0.29, 0.717) is 32.7 Å². The van der Waals surface area contributed by atoms with E-state index < -0.39 is 6.10 Å². The highest BCUT2D eigenvalue weighted by atomic mass is 16.5. The zero-order valence-electron chi connectivity index (χ0n) is 16.4. The third kappa shape index (κ3) is 9.08. The monoisotopic (exact) mass is 371 g/mol. The number of morpholine rings is 1. The molecule has 2 rings (SSSR count). The summed E-state index contributed by atoms with van der Waals surface area (Å²) in [5, 5.41) is 10.0. The summed E-state index contributed by atoms with van der Waals surface area (Å²) in [5.74, 6) is 6.31. The van der Waals surface area contributed by atoms with E-state index in [0.717, 1.165) is 31.2 Å². The summed E-state index contributed by atoms with van der Waals surface area (Å²) in [4.78, 5) is 13.8. The molecule has 4 heteroatoms. The van der Waals surface area contributed by atoms with Gasteiger partial charge in [-0.3, -0.25) is 4.79 Å². The van der Waals surface area contributed by atoms with Crippen LogP contribution in [-0.4, -0.2) is 48.3 Å². The zero-order valence-corrected chi connectivity index (χ0v) is 16.4. The number of rotatable bonds is 10. The average molecular weight is 372 g/mol. The highest BCUT2D eigenvalue weighted by molar-refractivity contribution is 5.80. The Morgan fingerprint density at radius 3 is 2.33 bits per heavy atom. The summed E-state index contributed by atoms with van der Waals surface area (Å²) in [5.41, 5.74) is 1.09. The Morgan fingerprint density at radius 2 is 1.63 bits per heavy atom. The number of nitrogens with zero attached hydrogens (tertiary/aromatic N) is 1. The van der Waals surface area contributed by atoms with Gasteiger partial charge in [0.05, 0.1) is 13.2 Å². The van der Waals surface area contributed by atoms with Gasteiger partial charge in [-0.25, -0.2) is 0 Å². The van der Waals surface area contributed by atoms with Gasteiger partial charge in [0.15, 0.2) is 0 Å². The van der Waals surface area contributed by atoms with Crippen molar-refractivity contribution in [3.05, 3.63) is 35.9 Å². The third-order valence-electron chi connectivity index (χ3n) is 4.89. The molecule has 1 heterocycles. The molecule has 1 aromatic rings. The summed E-state index contributed by atoms with van der Waals surface area (Å²) in [6.45, 7) is 2.36. The van der Waals surface area contributed by atoms with Crippen molar-refractivity contribution in [3.63, 3.8) is 0 Å². The number of unbranched alkanes of at least 4 members (excludes halogenated alkanes) is 7. The molecule has 1 unspecified atom stereocenters. The van der Waals surface area contributed by atoms with Gasteiger partial charge >= 0.3 is 0 Å². The first-order valence-corrected chi connectivity index (χ1v) is 10.4. The Kier molecular flexibility index (Phi) is 10.6. The summed E-state index contributed by atoms with van der Waals surface area (Å²) in [6.07, 6.45) is 8.72. The minimum absolute atomic E-state index is 0.130. The number of hydrogen-bond donors (Lipinski definition) is 1. The lowest BCUT2D eigenvalue weighted by atomic mass is 10.0. The van der Waals surface area contributed by atoms with Crippen LogP contribution in [0.25, 0.3) is 0 Å². The lowest BCUT2D eigenvalue weighted by Crippen LogP contribution is -2.45. The fourth-order valence-corrected chi connectivity index (χ4v) is 3.24. The summed E-state index contributed by atoms with van der Waals surface area (Å²) < 4.78 is 5.23. The largest absolute Gasteiger partial charge is 0.383 e. The van der Waals surface area contributed by atoms with Crippen LogP contribution in [-0.2, 0) is 9.53 Å². The van der Waals surface area contributed by atoms with Crippen molar-refractivity contribution in [3.8, 4) is 11.8 Å². The van der Waals surface area contributed by atoms with Gasteiger partial charge in [-0.05, 0) is 25.0 Å². The number of aliphatic hydroxyl groups excluding tert-OH is 1. The normalized spacial score (nSPS) is 15.1. The van der Waals surface area contributed by atoms with E-state index in [-0.39, 0.29) is 5.91 Å². The van der Waals surface area contributed by atoms with Crippen LogP contribution in [0.5, 0.6) is 0 Å². The number of carbonyl (C=O) groups is 1. The summed E-state index contributed by atoms with van der Waals surface area (Å²) in [7, 11) is 0. The second kappa shape index (κ2) is 13.4. The average Bonchev–Trinajstić information content (AvgIpc) is 2.72. The molecule has 0 saturated carbocycles. The number of hydrogen-bond acceptors (Lipinski definition) is 3. The lowest BCUT2D eigenvalue weighted by molar-refractivity contribution is -0.144. The SMILES string of the molecule is O=C(C(O)CCCCCCCCCC#Cc1ccccc1)N1CCOCC1. The Bertz CT molecular complexity index is 585. The minimum Gasteiger partial charge on any atom is -0.383 e. The fraction of sp³-hybridized carbons (Fsp3) is 0.609. The van der Waals surface area contributed by atoms with Gasteiger partial charge in [0.2, 0.25) is 0 Å². The number of ether oxygens (including phenoxy) is 1. The van der Waals surface area contributed by atoms with Crippen LogP contribution in [0.4, 0.5) is 0 Å². The molecule has 0 bridgehead atoms. The highest BCUT2D eigenvalue weighted by Gasteiger charge is 2.23. The minimum atomic E-state index is -0.841. The molecule has 1 saturated heterocycles. The lowest BCUT2D eigenvalue weighted by Gasteiger charge is -2.28. The van der Waals surface area contributed by atoms with Gasteiger partial charge in [-0.15, -0.1) is 0 Å². The van der Waals surface area contributed by atoms with Crippen molar-refractivity contribution in [2.24, 2.45) is 0 Å². The van der Waals surface area contributed by atoms with E-state index in [1.54, 1.807) is 4.90 Å². The van der Waals surface area contributed by atoms with Crippen molar-refractivity contribution in [2.45, 2.75) is 63.9 Å². The molecular weight excluding hydrogens is 338 g/mol. The van der Waals surface area contributed by atoms with Crippen molar-refractivity contribution >= 4 is 5.91 Å². The highest BCUT2D eigenvalue weighted by Crippen LogP contribution is 2.12. The molecule has 1 atom stereocenters. The van der Waals surface area contributed by atoms with Crippen molar-refractivity contribution in [1.29, 1.82) is 0 Å². The molecule has 1 amide bonds. The number of carbonyl (C=O) groups excluding carboxylic acids is 1. The molecule has 1 N–H and O–H groups in total. The quantitative estimate of drug-likeness (QED) is 0.503. The smallest absolute Gasteiger partial charge is 0.251 e. The zero-order chi connectivity index (χ0) is 19.2. The van der Waals surface area contributed by atoms with Crippen LogP contribution in [0, 0.1) is 11.8 Å². The molecule has 0 aliphatic carbocycles. The van der Waals surface area contributed by atoms with E-state index in [9.17, 15) is 9.90 Å². The number of benzene rings is 1. The Labute approximate surface area is 163 Å². The van der Waals surface area contributed by atoms with Crippen molar-refractivity contribution < 1.29 is 14.6 Å². The first-order valence-electron chi connectivity index (χ1n) is 10.4. The van der Waals surface area contributed by atoms with Crippen LogP contribution in [0.15, 0.2) is 30.3 Å². The molecule has 0 radical (unpaired) electrons. The van der Waals surface area contributed by atoms with Crippen LogP contribution >= 0.6 is 0 Å². The van der Waals surface area contributed by atoms with Crippen LogP contribution in [0.2, 0.25) is 0 Å². The first-order chi connectivity index (χ1) is 13.3. The van der Waals surface area contributed by atoms with Crippen LogP contribution < -0.4 is 0 Å². The Morgan fingerprint density at radius 1 is 1.00 bits per heavy atom. The maximum Gasteiger partial charge on any atom is 0.251 e. The van der Waals surface area contributed by atoms with Crippen LogP contribution in [0.3, 0.4) is 0 Å². The van der Waals surface area contributed by atoms with E-state index >= 15 is 0 Å². The first kappa shape index (κ1) is 21.5. The van der Waals surface area contributed by atoms with Gasteiger partial charge < -0.3 is 14.7 Å². The molecule has 0 aromatic heterocycles. The van der Waals surface area contributed by atoms with Crippen molar-refractivity contribution in [1.82, 2.24) is 4.90 Å². The van der Waals surface area contributed by atoms with Gasteiger partial charge in [-0.1, -0.05) is 68.6 Å². The topological polar surface area (TPSA) is 49.8 Å². The molecule has 0 spiro atoms. The Hall–Kier alpha value is -1.83. The number of amides is 1. The fourth-order valence-electron chi connectivity index (χ4n) is 3.24. The standard InChI is InChI=1S/C23H33NO3/c25-22(23(26)24-17-19-27-20-18-24)16-12-7-5-3-1-2-4-6-9-13-21-14-10-8-11-15-21/h8,10-11,14-15,22,25H,1-7,12,16-20H2. The molecule has 1 aromatic carbocycles. The maximum atomic E-state index is 12.1. The van der Waals surface area contributed by atoms with E-state index in [2.05, 4.69) is 11.8 Å². The summed E-state index contributed by atoms with van der Waals surface area (Å²) in [6, 6.07) is 10.1. The van der Waals surface area contributed by atoms with E-state index in [4.69, 9.17) is 4.74 Å². The third-order valence-corrected chi connectivity index (χ3v) is 4.89. The Balaban J connectivity index is 1.41. The molecular formula is C23H33NO3. The maximum absolute atomic E-state index is 12.1. The summed E-state index contributed by atoms with van der Waals surface area (Å²) >= 11 is 0. The molecule has 4 nitrogen and oxygen atoms in total. The second-order valence-corrected chi connectivity index (χ2v) is 7.13. The number of aliphatic hydroxyl groups is 1. The molecule has 1 aliphatic rings. The van der Waals surface area contributed by atoms with Gasteiger partial charge in [0, 0.05) is 25.1 Å². The predicted octanol–water partition coefficient (Wildman–Crippen LogP) is 3.77. The van der Waals surface area contributed by atoms with Gasteiger partial charge in [-0.2, -0.15) is 0 Å². The van der Waals surface area contributed by atoms with Gasteiger partial charge in [0.25, 0.3) is 5.91 Å². The second-order valence-electron chi connectivity index (χ2n) is 7.13. The molecule has 27 heavy (non-hydrogen) atoms. The van der Waals surface area contributed by atoms with Gasteiger partial charge in [0.1, 0.15) is 6.10 Å². The van der Waals surface area contributed by atoms with E-state index in [1.807, 2.05) is 30.3 Å². The molecule has 148 valence electrons. The van der Waals surface area contributed by atoms with Crippen LogP contribution in [0.1, 0.15) is 63.4 Å². The van der Waals surface area contributed by atoms with Crippen molar-refractivity contribution in [2.75, 3.05) is 26.3 Å². The molecule has 1 fully saturated rings.